The van der Waals surface area contributed by atoms with Crippen LogP contribution < -0.4 is 5.32 Å². The molecule has 0 aromatic heterocycles. The highest BCUT2D eigenvalue weighted by atomic mass is 16.6. The minimum Gasteiger partial charge on any atom is -0.466 e. The Morgan fingerprint density at radius 3 is 2.41 bits per heavy atom. The lowest BCUT2D eigenvalue weighted by Crippen LogP contribution is -2.49. The van der Waals surface area contributed by atoms with E-state index in [2.05, 4.69) is 5.32 Å². The lowest BCUT2D eigenvalue weighted by molar-refractivity contribution is -0.384. The minimum absolute atomic E-state index is 0.0645. The summed E-state index contributed by atoms with van der Waals surface area (Å²) in [6.45, 7) is 4.95. The van der Waals surface area contributed by atoms with Gasteiger partial charge < -0.3 is 19.9 Å². The highest BCUT2D eigenvalue weighted by Crippen LogP contribution is 2.48. The van der Waals surface area contributed by atoms with Crippen molar-refractivity contribution < 1.29 is 29.1 Å². The number of hydrogen-bond donors (Lipinski definition) is 2. The first-order chi connectivity index (χ1) is 16.2. The van der Waals surface area contributed by atoms with E-state index in [9.17, 15) is 24.8 Å². The summed E-state index contributed by atoms with van der Waals surface area (Å²) in [5.74, 6) is -3.63. The number of esters is 2. The van der Waals surface area contributed by atoms with Crippen LogP contribution in [0, 0.1) is 16.0 Å². The molecule has 0 fully saturated rings. The molecule has 0 aliphatic heterocycles. The van der Waals surface area contributed by atoms with E-state index in [-0.39, 0.29) is 30.9 Å². The first kappa shape index (κ1) is 24.9. The molecule has 2 aromatic rings. The molecular formula is C25H28N2O7. The molecule has 0 radical (unpaired) electrons. The van der Waals surface area contributed by atoms with Gasteiger partial charge in [0.1, 0.15) is 0 Å². The summed E-state index contributed by atoms with van der Waals surface area (Å²) in [4.78, 5) is 37.2. The van der Waals surface area contributed by atoms with Crippen LogP contribution in [0.15, 0.2) is 65.9 Å². The molecule has 3 atom stereocenters. The summed E-state index contributed by atoms with van der Waals surface area (Å²) >= 11 is 0. The lowest BCUT2D eigenvalue weighted by Gasteiger charge is -2.43. The van der Waals surface area contributed by atoms with Gasteiger partial charge in [-0.05, 0) is 38.5 Å². The number of carbonyl (C=O) groups excluding carboxylic acids is 2. The van der Waals surface area contributed by atoms with Gasteiger partial charge in [-0.15, -0.1) is 0 Å². The van der Waals surface area contributed by atoms with E-state index in [0.717, 1.165) is 0 Å². The average Bonchev–Trinajstić information content (AvgIpc) is 2.79. The van der Waals surface area contributed by atoms with Crippen molar-refractivity contribution in [3.63, 3.8) is 0 Å². The number of non-ortho nitro benzene ring substituents is 1. The third-order valence-electron chi connectivity index (χ3n) is 5.72. The van der Waals surface area contributed by atoms with Gasteiger partial charge in [-0.25, -0.2) is 4.79 Å². The van der Waals surface area contributed by atoms with Crippen LogP contribution in [0.1, 0.15) is 38.7 Å². The second kappa shape index (κ2) is 10.5. The molecule has 3 unspecified atom stereocenters. The zero-order valence-corrected chi connectivity index (χ0v) is 19.3. The Morgan fingerprint density at radius 1 is 1.12 bits per heavy atom. The number of anilines is 1. The number of rotatable bonds is 8. The molecule has 2 N–H and O–H groups in total. The highest BCUT2D eigenvalue weighted by Gasteiger charge is 2.52. The Labute approximate surface area is 197 Å². The molecule has 0 heterocycles. The number of hydrogen-bond acceptors (Lipinski definition) is 8. The van der Waals surface area contributed by atoms with Crippen molar-refractivity contribution in [1.82, 2.24) is 0 Å². The molecule has 0 saturated heterocycles. The fourth-order valence-corrected chi connectivity index (χ4v) is 4.36. The number of nitrogens with one attached hydrogen (secondary N) is 1. The monoisotopic (exact) mass is 468 g/mol. The van der Waals surface area contributed by atoms with E-state index >= 15 is 0 Å². The maximum atomic E-state index is 13.3. The maximum Gasteiger partial charge on any atom is 0.336 e. The normalized spacial score (nSPS) is 22.1. The van der Waals surface area contributed by atoms with Gasteiger partial charge in [0.2, 0.25) is 0 Å². The maximum absolute atomic E-state index is 13.3. The van der Waals surface area contributed by atoms with E-state index in [1.54, 1.807) is 32.0 Å². The molecular weight excluding hydrogens is 440 g/mol. The van der Waals surface area contributed by atoms with Crippen molar-refractivity contribution in [2.24, 2.45) is 5.92 Å². The summed E-state index contributed by atoms with van der Waals surface area (Å²) in [6, 6.07) is 14.7. The number of nitro groups is 1. The molecule has 0 bridgehead atoms. The Kier molecular flexibility index (Phi) is 7.68. The Bertz CT molecular complexity index is 1100. The SMILES string of the molecule is CCOC(=O)C1=C(Nc2ccccc2)CC(C)(O)C(C(=O)OCC)C1c1cccc([N+](=O)[O-])c1. The number of aliphatic hydroxyl groups is 1. The molecule has 34 heavy (non-hydrogen) atoms. The van der Waals surface area contributed by atoms with Crippen LogP contribution in [0.4, 0.5) is 11.4 Å². The molecule has 9 nitrogen and oxygen atoms in total. The van der Waals surface area contributed by atoms with Crippen LogP contribution in [0.5, 0.6) is 0 Å². The van der Waals surface area contributed by atoms with Crippen LogP contribution in [0.3, 0.4) is 0 Å². The van der Waals surface area contributed by atoms with Gasteiger partial charge in [-0.1, -0.05) is 30.3 Å². The van der Waals surface area contributed by atoms with Crippen molar-refractivity contribution in [3.05, 3.63) is 81.5 Å². The smallest absolute Gasteiger partial charge is 0.336 e. The van der Waals surface area contributed by atoms with Crippen LogP contribution >= 0.6 is 0 Å². The molecule has 0 amide bonds. The van der Waals surface area contributed by atoms with E-state index in [1.165, 1.54) is 25.1 Å². The third-order valence-corrected chi connectivity index (χ3v) is 5.72. The van der Waals surface area contributed by atoms with Crippen LogP contribution in [-0.2, 0) is 19.1 Å². The van der Waals surface area contributed by atoms with E-state index in [0.29, 0.717) is 16.9 Å². The molecule has 180 valence electrons. The molecule has 9 heteroatoms. The van der Waals surface area contributed by atoms with Gasteiger partial charge in [-0.3, -0.25) is 14.9 Å². The first-order valence-corrected chi connectivity index (χ1v) is 11.0. The molecule has 0 saturated carbocycles. The summed E-state index contributed by atoms with van der Waals surface area (Å²) in [5, 5.41) is 26.1. The molecule has 2 aromatic carbocycles. The summed E-state index contributed by atoms with van der Waals surface area (Å²) in [7, 11) is 0. The predicted octanol–water partition coefficient (Wildman–Crippen LogP) is 3.94. The Morgan fingerprint density at radius 2 is 1.79 bits per heavy atom. The van der Waals surface area contributed by atoms with Gasteiger partial charge >= 0.3 is 11.9 Å². The number of ether oxygens (including phenoxy) is 2. The molecule has 1 aliphatic carbocycles. The van der Waals surface area contributed by atoms with Crippen LogP contribution in [0.25, 0.3) is 0 Å². The zero-order valence-electron chi connectivity index (χ0n) is 19.3. The standard InChI is InChI=1S/C25H28N2O7/c1-4-33-23(28)21-19(26-17-11-7-6-8-12-17)15-25(3,30)22(24(29)34-5-2)20(21)16-10-9-13-18(14-16)27(31)32/h6-14,20,22,26,30H,4-5,15H2,1-3H3. The quantitative estimate of drug-likeness (QED) is 0.339. The van der Waals surface area contributed by atoms with Crippen molar-refractivity contribution in [3.8, 4) is 0 Å². The Balaban J connectivity index is 2.28. The van der Waals surface area contributed by atoms with Gasteiger partial charge in [0, 0.05) is 35.9 Å². The lowest BCUT2D eigenvalue weighted by atomic mass is 9.65. The number of benzene rings is 2. The van der Waals surface area contributed by atoms with E-state index < -0.39 is 34.3 Å². The summed E-state index contributed by atoms with van der Waals surface area (Å²) in [5.41, 5.74) is -0.354. The van der Waals surface area contributed by atoms with Gasteiger partial charge in [0.25, 0.3) is 5.69 Å². The van der Waals surface area contributed by atoms with Gasteiger partial charge in [0.15, 0.2) is 0 Å². The molecule has 3 rings (SSSR count). The molecule has 1 aliphatic rings. The predicted molar refractivity (Wildman–Crippen MR) is 125 cm³/mol. The van der Waals surface area contributed by atoms with Crippen molar-refractivity contribution in [1.29, 1.82) is 0 Å². The zero-order chi connectivity index (χ0) is 24.9. The van der Waals surface area contributed by atoms with E-state index in [1.807, 2.05) is 18.2 Å². The van der Waals surface area contributed by atoms with Crippen molar-refractivity contribution in [2.45, 2.75) is 38.7 Å². The minimum atomic E-state index is -1.63. The third kappa shape index (κ3) is 5.26. The highest BCUT2D eigenvalue weighted by molar-refractivity contribution is 5.94. The largest absolute Gasteiger partial charge is 0.466 e. The van der Waals surface area contributed by atoms with Gasteiger partial charge in [0.05, 0.1) is 35.2 Å². The number of nitrogens with zero attached hydrogens (tertiary/aromatic N) is 1. The first-order valence-electron chi connectivity index (χ1n) is 11.0. The fourth-order valence-electron chi connectivity index (χ4n) is 4.36. The average molecular weight is 469 g/mol. The number of para-hydroxylation sites is 1. The van der Waals surface area contributed by atoms with Crippen molar-refractivity contribution >= 4 is 23.3 Å². The fraction of sp³-hybridized carbons (Fsp3) is 0.360. The van der Waals surface area contributed by atoms with Crippen LogP contribution in [-0.4, -0.2) is 40.8 Å². The second-order valence-electron chi connectivity index (χ2n) is 8.20. The van der Waals surface area contributed by atoms with Gasteiger partial charge in [-0.2, -0.15) is 0 Å². The number of nitro benzene ring substituents is 1. The number of carbonyl (C=O) groups is 2. The van der Waals surface area contributed by atoms with Crippen molar-refractivity contribution in [2.75, 3.05) is 18.5 Å². The summed E-state index contributed by atoms with van der Waals surface area (Å²) < 4.78 is 10.6. The Hall–Kier alpha value is -3.72. The second-order valence-corrected chi connectivity index (χ2v) is 8.20. The van der Waals surface area contributed by atoms with E-state index in [4.69, 9.17) is 9.47 Å². The summed E-state index contributed by atoms with van der Waals surface area (Å²) in [6.07, 6.45) is -0.0645. The molecule has 0 spiro atoms. The van der Waals surface area contributed by atoms with Crippen LogP contribution in [0.2, 0.25) is 0 Å². The topological polar surface area (TPSA) is 128 Å².